The minimum absolute atomic E-state index is 0. The Balaban J connectivity index is 0.00000253. The summed E-state index contributed by atoms with van der Waals surface area (Å²) >= 11 is 0. The van der Waals surface area contributed by atoms with Crippen LogP contribution in [0.4, 0.5) is 0 Å². The molecular formula is C33H35LiSi. The van der Waals surface area contributed by atoms with Crippen LogP contribution in [0.5, 0.6) is 0 Å². The van der Waals surface area contributed by atoms with Crippen molar-refractivity contribution >= 4 is 29.6 Å². The first-order valence-electron chi connectivity index (χ1n) is 13.0. The number of allylic oxidation sites excluding steroid dienone is 2. The molecule has 2 aliphatic rings. The van der Waals surface area contributed by atoms with E-state index in [9.17, 15) is 0 Å². The summed E-state index contributed by atoms with van der Waals surface area (Å²) in [6.07, 6.45) is 7.50. The molecule has 35 heavy (non-hydrogen) atoms. The molecule has 2 unspecified atom stereocenters. The van der Waals surface area contributed by atoms with E-state index in [0.717, 1.165) is 6.42 Å². The first-order valence-corrected chi connectivity index (χ1v) is 16.1. The van der Waals surface area contributed by atoms with Crippen molar-refractivity contribution in [3.05, 3.63) is 112 Å². The molecule has 0 spiro atoms. The van der Waals surface area contributed by atoms with Crippen LogP contribution in [0.3, 0.4) is 0 Å². The van der Waals surface area contributed by atoms with Gasteiger partial charge in [0.2, 0.25) is 0 Å². The van der Waals surface area contributed by atoms with Crippen molar-refractivity contribution in [3.63, 3.8) is 0 Å². The minimum atomic E-state index is -1.82. The third kappa shape index (κ3) is 4.13. The second-order valence-electron chi connectivity index (χ2n) is 11.3. The van der Waals surface area contributed by atoms with E-state index in [1.165, 1.54) is 41.3 Å². The standard InChI is InChI=1S/C33H35Si.Li/c1-22(24-11-6-5-7-12-24)17-27-21-33(31-20-26-14-10-13-25(26)19-30(27)31)34(3,4)32-18-23(2)28-15-8-9-16-29(28)32;/h5-9,11-12,15-16,18-22,32H,10,13-14,17H2,1-4H3;/q-1;+1. The van der Waals surface area contributed by atoms with Crippen LogP contribution in [0, 0.1) is 0 Å². The molecule has 0 nitrogen and oxygen atoms in total. The third-order valence-electron chi connectivity index (χ3n) is 8.69. The molecule has 0 fully saturated rings. The number of hydrogen-bond acceptors (Lipinski definition) is 0. The Labute approximate surface area is 224 Å². The summed E-state index contributed by atoms with van der Waals surface area (Å²) in [5.74, 6) is 0.520. The maximum atomic E-state index is 2.63. The Hall–Kier alpha value is -2.18. The quantitative estimate of drug-likeness (QED) is 0.285. The van der Waals surface area contributed by atoms with Gasteiger partial charge in [-0.1, -0.05) is 98.2 Å². The van der Waals surface area contributed by atoms with Crippen LogP contribution in [-0.2, 0) is 19.3 Å². The van der Waals surface area contributed by atoms with E-state index in [-0.39, 0.29) is 18.9 Å². The largest absolute Gasteiger partial charge is 1.00 e. The maximum Gasteiger partial charge on any atom is 1.00 e. The zero-order valence-electron chi connectivity index (χ0n) is 22.0. The van der Waals surface area contributed by atoms with Gasteiger partial charge in [0.15, 0.2) is 0 Å². The average Bonchev–Trinajstić information content (AvgIpc) is 3.55. The molecule has 0 saturated heterocycles. The minimum Gasteiger partial charge on any atom is -0.153 e. The SMILES string of the molecule is CC1=CC([Si](C)(C)[c-]2cc(CC(C)c3ccccc3)c3cc4c(cc32)CCC4)c2ccccc21.[Li+]. The van der Waals surface area contributed by atoms with Crippen LogP contribution < -0.4 is 24.0 Å². The molecule has 2 aliphatic carbocycles. The summed E-state index contributed by atoms with van der Waals surface area (Å²) in [5, 5.41) is 4.76. The van der Waals surface area contributed by atoms with Gasteiger partial charge >= 0.3 is 18.9 Å². The van der Waals surface area contributed by atoms with E-state index in [0.29, 0.717) is 11.5 Å². The van der Waals surface area contributed by atoms with E-state index in [1.807, 2.05) is 0 Å². The molecule has 4 aromatic carbocycles. The van der Waals surface area contributed by atoms with Crippen LogP contribution in [0.25, 0.3) is 16.3 Å². The fourth-order valence-electron chi connectivity index (χ4n) is 6.70. The van der Waals surface area contributed by atoms with Crippen LogP contribution in [0.1, 0.15) is 65.1 Å². The van der Waals surface area contributed by atoms with Crippen molar-refractivity contribution < 1.29 is 18.9 Å². The molecule has 0 bridgehead atoms. The molecular weight excluding hydrogens is 431 g/mol. The van der Waals surface area contributed by atoms with Crippen LogP contribution in [0.15, 0.2) is 78.9 Å². The van der Waals surface area contributed by atoms with Gasteiger partial charge in [0, 0.05) is 8.07 Å². The molecule has 6 rings (SSSR count). The summed E-state index contributed by atoms with van der Waals surface area (Å²) in [7, 11) is -1.82. The first-order chi connectivity index (χ1) is 16.4. The fraction of sp³-hybridized carbons (Fsp3) is 0.303. The number of fused-ring (bicyclic) bond motifs is 3. The molecule has 0 N–H and O–H groups in total. The average molecular weight is 467 g/mol. The Morgan fingerprint density at radius 2 is 1.63 bits per heavy atom. The van der Waals surface area contributed by atoms with Crippen LogP contribution in [-0.4, -0.2) is 8.07 Å². The van der Waals surface area contributed by atoms with Gasteiger partial charge in [0.1, 0.15) is 0 Å². The summed E-state index contributed by atoms with van der Waals surface area (Å²) in [5.41, 5.74) is 11.2. The number of hydrogen-bond donors (Lipinski definition) is 0. The summed E-state index contributed by atoms with van der Waals surface area (Å²) in [6.45, 7) is 9.90. The first kappa shape index (κ1) is 24.5. The second kappa shape index (κ2) is 9.36. The molecule has 0 aromatic heterocycles. The Bertz CT molecular complexity index is 1410. The summed E-state index contributed by atoms with van der Waals surface area (Å²) in [6, 6.07) is 28.0. The van der Waals surface area contributed by atoms with Gasteiger partial charge in [-0.2, -0.15) is 5.56 Å². The van der Waals surface area contributed by atoms with Crippen molar-refractivity contribution in [2.75, 3.05) is 0 Å². The van der Waals surface area contributed by atoms with Gasteiger partial charge in [-0.25, -0.2) is 0 Å². The molecule has 2 heteroatoms. The van der Waals surface area contributed by atoms with Crippen molar-refractivity contribution in [1.29, 1.82) is 0 Å². The van der Waals surface area contributed by atoms with Crippen molar-refractivity contribution in [1.82, 2.24) is 0 Å². The molecule has 172 valence electrons. The summed E-state index contributed by atoms with van der Waals surface area (Å²) in [4.78, 5) is 0. The normalized spacial score (nSPS) is 17.6. The third-order valence-corrected chi connectivity index (χ3v) is 12.5. The molecule has 0 aliphatic heterocycles. The van der Waals surface area contributed by atoms with Gasteiger partial charge in [-0.15, -0.1) is 34.2 Å². The van der Waals surface area contributed by atoms with Gasteiger partial charge in [-0.3, -0.25) is 0 Å². The van der Waals surface area contributed by atoms with Gasteiger partial charge in [-0.05, 0) is 59.9 Å². The number of aryl methyl sites for hydroxylation is 2. The molecule has 4 aromatic rings. The molecule has 0 radical (unpaired) electrons. The van der Waals surface area contributed by atoms with Crippen molar-refractivity contribution in [2.45, 2.75) is 64.1 Å². The van der Waals surface area contributed by atoms with E-state index in [1.54, 1.807) is 32.8 Å². The molecule has 0 amide bonds. The topological polar surface area (TPSA) is 0 Å². The van der Waals surface area contributed by atoms with Crippen LogP contribution >= 0.6 is 0 Å². The predicted octanol–water partition coefficient (Wildman–Crippen LogP) is 5.05. The molecule has 2 atom stereocenters. The second-order valence-corrected chi connectivity index (χ2v) is 15.9. The zero-order chi connectivity index (χ0) is 23.4. The fourth-order valence-corrected chi connectivity index (χ4v) is 10.2. The van der Waals surface area contributed by atoms with E-state index < -0.39 is 8.07 Å². The predicted molar refractivity (Wildman–Crippen MR) is 150 cm³/mol. The number of rotatable bonds is 5. The molecule has 0 saturated carbocycles. The van der Waals surface area contributed by atoms with E-state index in [2.05, 4.69) is 106 Å². The Kier molecular flexibility index (Phi) is 6.56. The summed E-state index contributed by atoms with van der Waals surface area (Å²) < 4.78 is 0. The van der Waals surface area contributed by atoms with Gasteiger partial charge in [0.05, 0.1) is 0 Å². The van der Waals surface area contributed by atoms with Crippen molar-refractivity contribution in [3.8, 4) is 0 Å². The Morgan fingerprint density at radius 1 is 0.943 bits per heavy atom. The van der Waals surface area contributed by atoms with Gasteiger partial charge < -0.3 is 0 Å². The maximum absolute atomic E-state index is 2.63. The molecule has 0 heterocycles. The number of benzene rings is 3. The smallest absolute Gasteiger partial charge is 0.153 e. The zero-order valence-corrected chi connectivity index (χ0v) is 23.0. The van der Waals surface area contributed by atoms with E-state index >= 15 is 0 Å². The monoisotopic (exact) mass is 466 g/mol. The Morgan fingerprint density at radius 3 is 2.40 bits per heavy atom. The van der Waals surface area contributed by atoms with Gasteiger partial charge in [0.25, 0.3) is 0 Å². The van der Waals surface area contributed by atoms with Crippen LogP contribution in [0.2, 0.25) is 13.1 Å². The van der Waals surface area contributed by atoms with E-state index in [4.69, 9.17) is 0 Å². The van der Waals surface area contributed by atoms with Crippen molar-refractivity contribution in [2.24, 2.45) is 0 Å².